The molecule has 0 spiro atoms. The molecule has 0 bridgehead atoms. The maximum absolute atomic E-state index is 12.5. The second-order valence-electron chi connectivity index (χ2n) is 7.25. The van der Waals surface area contributed by atoms with Crippen LogP contribution in [0, 0.1) is 0 Å². The molecule has 1 atom stereocenters. The number of urea groups is 1. The molecular weight excluding hydrogens is 314 g/mol. The summed E-state index contributed by atoms with van der Waals surface area (Å²) in [5, 5.41) is 3.07. The molecule has 0 radical (unpaired) electrons. The van der Waals surface area contributed by atoms with E-state index in [-0.39, 0.29) is 6.03 Å². The zero-order chi connectivity index (χ0) is 17.1. The number of hydrogen-bond acceptors (Lipinski definition) is 3. The van der Waals surface area contributed by atoms with Crippen LogP contribution in [0.25, 0.3) is 0 Å². The summed E-state index contributed by atoms with van der Waals surface area (Å²) in [5.41, 5.74) is 1.06. The number of carbonyl (C=O) groups excluding carboxylic acids is 1. The van der Waals surface area contributed by atoms with Gasteiger partial charge in [0.25, 0.3) is 0 Å². The van der Waals surface area contributed by atoms with E-state index in [1.54, 1.807) is 0 Å². The summed E-state index contributed by atoms with van der Waals surface area (Å²) < 4.78 is 6.05. The van der Waals surface area contributed by atoms with Crippen LogP contribution in [0.4, 0.5) is 4.79 Å². The number of rotatable bonds is 5. The first-order valence-electron chi connectivity index (χ1n) is 9.46. The van der Waals surface area contributed by atoms with Crippen molar-refractivity contribution < 1.29 is 9.53 Å². The third-order valence-electron chi connectivity index (χ3n) is 5.56. The Morgan fingerprint density at radius 3 is 2.72 bits per heavy atom. The van der Waals surface area contributed by atoms with Crippen molar-refractivity contribution in [2.75, 3.05) is 26.2 Å². The Morgan fingerprint density at radius 2 is 1.96 bits per heavy atom. The Morgan fingerprint density at radius 1 is 1.16 bits per heavy atom. The number of amides is 2. The average Bonchev–Trinajstić information content (AvgIpc) is 3.27. The molecule has 5 nitrogen and oxygen atoms in total. The van der Waals surface area contributed by atoms with Crippen molar-refractivity contribution in [2.24, 2.45) is 0 Å². The van der Waals surface area contributed by atoms with Crippen LogP contribution in [0.5, 0.6) is 5.75 Å². The average molecular weight is 341 g/mol. The van der Waals surface area contributed by atoms with Crippen LogP contribution in [-0.4, -0.2) is 54.2 Å². The quantitative estimate of drug-likeness (QED) is 0.838. The maximum atomic E-state index is 12.5. The van der Waals surface area contributed by atoms with Gasteiger partial charge in [-0.25, -0.2) is 4.79 Å². The van der Waals surface area contributed by atoms with Gasteiger partial charge in [-0.15, -0.1) is 0 Å². The first kappa shape index (κ1) is 16.5. The van der Waals surface area contributed by atoms with Crippen molar-refractivity contribution in [1.29, 1.82) is 0 Å². The minimum Gasteiger partial charge on any atom is -0.490 e. The highest BCUT2D eigenvalue weighted by molar-refractivity contribution is 5.74. The molecule has 5 heteroatoms. The lowest BCUT2D eigenvalue weighted by molar-refractivity contribution is 0.119. The predicted octanol–water partition coefficient (Wildman–Crippen LogP) is 2.77. The highest BCUT2D eigenvalue weighted by Crippen LogP contribution is 2.27. The van der Waals surface area contributed by atoms with E-state index in [2.05, 4.69) is 22.4 Å². The van der Waals surface area contributed by atoms with E-state index < -0.39 is 0 Å². The van der Waals surface area contributed by atoms with Crippen LogP contribution in [-0.2, 0) is 6.54 Å². The van der Waals surface area contributed by atoms with Crippen molar-refractivity contribution >= 4 is 6.03 Å². The van der Waals surface area contributed by atoms with Gasteiger partial charge in [-0.2, -0.15) is 0 Å². The molecule has 1 saturated carbocycles. The van der Waals surface area contributed by atoms with Crippen molar-refractivity contribution in [3.05, 3.63) is 42.0 Å². The number of nitrogens with one attached hydrogen (secondary N) is 1. The SMILES string of the molecule is O=C(NCc1ccccc1OC1CCC1)N1CC[C@@H](N2CC=CC2)C1. The van der Waals surface area contributed by atoms with Crippen LogP contribution in [0.15, 0.2) is 36.4 Å². The third kappa shape index (κ3) is 3.82. The van der Waals surface area contributed by atoms with Crippen LogP contribution < -0.4 is 10.1 Å². The van der Waals surface area contributed by atoms with Gasteiger partial charge in [0.05, 0.1) is 6.10 Å². The molecule has 3 aliphatic rings. The Kier molecular flexibility index (Phi) is 4.92. The molecule has 134 valence electrons. The van der Waals surface area contributed by atoms with Gasteiger partial charge in [0, 0.05) is 44.3 Å². The van der Waals surface area contributed by atoms with Gasteiger partial charge in [-0.05, 0) is 31.7 Å². The van der Waals surface area contributed by atoms with Gasteiger partial charge in [-0.1, -0.05) is 30.4 Å². The van der Waals surface area contributed by atoms with Crippen LogP contribution >= 0.6 is 0 Å². The second kappa shape index (κ2) is 7.48. The number of likely N-dealkylation sites (tertiary alicyclic amines) is 1. The van der Waals surface area contributed by atoms with Crippen LogP contribution in [0.1, 0.15) is 31.2 Å². The van der Waals surface area contributed by atoms with E-state index in [0.717, 1.165) is 56.8 Å². The molecule has 1 aromatic carbocycles. The smallest absolute Gasteiger partial charge is 0.317 e. The van der Waals surface area contributed by atoms with E-state index in [4.69, 9.17) is 4.74 Å². The molecule has 1 N–H and O–H groups in total. The fraction of sp³-hybridized carbons (Fsp3) is 0.550. The lowest BCUT2D eigenvalue weighted by Gasteiger charge is -2.27. The zero-order valence-corrected chi connectivity index (χ0v) is 14.7. The fourth-order valence-corrected chi connectivity index (χ4v) is 3.73. The van der Waals surface area contributed by atoms with Gasteiger partial charge in [0.1, 0.15) is 5.75 Å². The minimum atomic E-state index is 0.0353. The number of nitrogens with zero attached hydrogens (tertiary/aromatic N) is 2. The summed E-state index contributed by atoms with van der Waals surface area (Å²) in [4.78, 5) is 16.9. The maximum Gasteiger partial charge on any atom is 0.317 e. The van der Waals surface area contributed by atoms with E-state index in [1.165, 1.54) is 6.42 Å². The second-order valence-corrected chi connectivity index (χ2v) is 7.25. The van der Waals surface area contributed by atoms with Gasteiger partial charge >= 0.3 is 6.03 Å². The first-order chi connectivity index (χ1) is 12.3. The van der Waals surface area contributed by atoms with Gasteiger partial charge < -0.3 is 15.0 Å². The summed E-state index contributed by atoms with van der Waals surface area (Å²) in [7, 11) is 0. The number of carbonyl (C=O) groups is 1. The molecule has 2 fully saturated rings. The van der Waals surface area contributed by atoms with Gasteiger partial charge in [0.2, 0.25) is 0 Å². The molecule has 1 aliphatic carbocycles. The Hall–Kier alpha value is -2.01. The van der Waals surface area contributed by atoms with E-state index >= 15 is 0 Å². The van der Waals surface area contributed by atoms with E-state index in [9.17, 15) is 4.79 Å². The zero-order valence-electron chi connectivity index (χ0n) is 14.7. The van der Waals surface area contributed by atoms with E-state index in [1.807, 2.05) is 29.2 Å². The van der Waals surface area contributed by atoms with Crippen LogP contribution in [0.3, 0.4) is 0 Å². The number of ether oxygens (including phenoxy) is 1. The summed E-state index contributed by atoms with van der Waals surface area (Å²) in [6.45, 7) is 4.23. The number of hydrogen-bond donors (Lipinski definition) is 1. The summed E-state index contributed by atoms with van der Waals surface area (Å²) in [6.07, 6.45) is 9.37. The van der Waals surface area contributed by atoms with Gasteiger partial charge in [0.15, 0.2) is 0 Å². The molecular formula is C20H27N3O2. The van der Waals surface area contributed by atoms with E-state index in [0.29, 0.717) is 18.7 Å². The molecule has 2 aliphatic heterocycles. The third-order valence-corrected chi connectivity index (χ3v) is 5.56. The molecule has 2 heterocycles. The summed E-state index contributed by atoms with van der Waals surface area (Å²) in [5.74, 6) is 0.912. The van der Waals surface area contributed by atoms with Crippen molar-refractivity contribution in [3.8, 4) is 5.75 Å². The van der Waals surface area contributed by atoms with Crippen molar-refractivity contribution in [3.63, 3.8) is 0 Å². The monoisotopic (exact) mass is 341 g/mol. The standard InChI is InChI=1S/C20H27N3O2/c24-20(23-13-10-17(15-23)22-11-3-4-12-22)21-14-16-6-1-2-9-19(16)25-18-7-5-8-18/h1-4,6,9,17-18H,5,7-8,10-15H2,(H,21,24)/t17-/m1/s1. The van der Waals surface area contributed by atoms with Gasteiger partial charge in [-0.3, -0.25) is 4.90 Å². The molecule has 2 amide bonds. The molecule has 1 saturated heterocycles. The molecule has 4 rings (SSSR count). The molecule has 25 heavy (non-hydrogen) atoms. The normalized spacial score (nSPS) is 23.7. The highest BCUT2D eigenvalue weighted by atomic mass is 16.5. The van der Waals surface area contributed by atoms with Crippen molar-refractivity contribution in [1.82, 2.24) is 15.1 Å². The Labute approximate surface area is 149 Å². The van der Waals surface area contributed by atoms with Crippen molar-refractivity contribution in [2.45, 2.75) is 44.4 Å². The summed E-state index contributed by atoms with van der Waals surface area (Å²) >= 11 is 0. The lowest BCUT2D eigenvalue weighted by atomic mass is 9.96. The Balaban J connectivity index is 1.29. The lowest BCUT2D eigenvalue weighted by Crippen LogP contribution is -2.41. The van der Waals surface area contributed by atoms with Crippen LogP contribution in [0.2, 0.25) is 0 Å². The Bertz CT molecular complexity index is 634. The largest absolute Gasteiger partial charge is 0.490 e. The molecule has 0 unspecified atom stereocenters. The number of benzene rings is 1. The highest BCUT2D eigenvalue weighted by Gasteiger charge is 2.30. The molecule has 0 aromatic heterocycles. The predicted molar refractivity (Wildman–Crippen MR) is 97.6 cm³/mol. The number of para-hydroxylation sites is 1. The summed E-state index contributed by atoms with van der Waals surface area (Å²) in [6, 6.07) is 8.57. The fourth-order valence-electron chi connectivity index (χ4n) is 3.73. The molecule has 1 aromatic rings. The first-order valence-corrected chi connectivity index (χ1v) is 9.46. The topological polar surface area (TPSA) is 44.8 Å². The minimum absolute atomic E-state index is 0.0353.